The summed E-state index contributed by atoms with van der Waals surface area (Å²) in [5.74, 6) is 1.72. The van der Waals surface area contributed by atoms with Gasteiger partial charge in [0.25, 0.3) is 0 Å². The van der Waals surface area contributed by atoms with Crippen molar-refractivity contribution >= 4 is 11.5 Å². The van der Waals surface area contributed by atoms with Crippen LogP contribution in [0.2, 0.25) is 0 Å². The molecule has 0 spiro atoms. The lowest BCUT2D eigenvalue weighted by molar-refractivity contribution is 0.0757. The van der Waals surface area contributed by atoms with Crippen LogP contribution >= 0.6 is 0 Å². The molecule has 1 aromatic heterocycles. The number of nitrogens with zero attached hydrogens (tertiary/aromatic N) is 2. The molecule has 0 aliphatic carbocycles. The van der Waals surface area contributed by atoms with Crippen molar-refractivity contribution in [1.29, 1.82) is 0 Å². The second kappa shape index (κ2) is 11.8. The zero-order valence-corrected chi connectivity index (χ0v) is 20.8. The van der Waals surface area contributed by atoms with Gasteiger partial charge in [0.05, 0.1) is 13.2 Å². The molecule has 0 saturated carbocycles. The van der Waals surface area contributed by atoms with E-state index >= 15 is 0 Å². The first-order valence-corrected chi connectivity index (χ1v) is 12.6. The van der Waals surface area contributed by atoms with Crippen LogP contribution in [-0.4, -0.2) is 36.2 Å². The molecule has 0 unspecified atom stereocenters. The summed E-state index contributed by atoms with van der Waals surface area (Å²) in [6.07, 6.45) is 2.58. The van der Waals surface area contributed by atoms with E-state index in [1.54, 1.807) is 6.20 Å². The second-order valence-corrected chi connectivity index (χ2v) is 9.32. The maximum Gasteiger partial charge on any atom is 0.130 e. The number of anilines is 2. The van der Waals surface area contributed by atoms with Crippen LogP contribution in [0.15, 0.2) is 91.1 Å². The fourth-order valence-electron chi connectivity index (χ4n) is 4.51. The van der Waals surface area contributed by atoms with Crippen LogP contribution in [0.1, 0.15) is 27.8 Å². The van der Waals surface area contributed by atoms with Gasteiger partial charge < -0.3 is 14.8 Å². The molecular weight excluding hydrogens is 446 g/mol. The van der Waals surface area contributed by atoms with E-state index in [-0.39, 0.29) is 0 Å². The number of rotatable bonds is 4. The van der Waals surface area contributed by atoms with E-state index in [4.69, 9.17) is 9.47 Å². The van der Waals surface area contributed by atoms with Crippen LogP contribution in [-0.2, 0) is 24.2 Å². The lowest BCUT2D eigenvalue weighted by Gasteiger charge is -2.23. The van der Waals surface area contributed by atoms with Gasteiger partial charge >= 0.3 is 0 Å². The fraction of sp³-hybridized carbons (Fsp3) is 0.258. The predicted molar refractivity (Wildman–Crippen MR) is 145 cm³/mol. The SMILES string of the molecule is Cc1ccc(CN2CCOCCOc3ccc(Nc4ccccn4)cc3Cc3cccc(c3)C2)cc1. The maximum absolute atomic E-state index is 6.16. The van der Waals surface area contributed by atoms with Crippen LogP contribution in [0, 0.1) is 6.92 Å². The summed E-state index contributed by atoms with van der Waals surface area (Å²) in [6, 6.07) is 29.8. The molecule has 5 heteroatoms. The average molecular weight is 480 g/mol. The van der Waals surface area contributed by atoms with E-state index in [1.807, 2.05) is 30.3 Å². The Kier molecular flexibility index (Phi) is 7.91. The van der Waals surface area contributed by atoms with E-state index in [2.05, 4.69) is 76.7 Å². The summed E-state index contributed by atoms with van der Waals surface area (Å²) < 4.78 is 12.1. The smallest absolute Gasteiger partial charge is 0.130 e. The molecule has 5 nitrogen and oxygen atoms in total. The lowest BCUT2D eigenvalue weighted by atomic mass is 10.0. The molecule has 36 heavy (non-hydrogen) atoms. The molecule has 1 N–H and O–H groups in total. The summed E-state index contributed by atoms with van der Waals surface area (Å²) in [4.78, 5) is 6.84. The number of hydrogen-bond acceptors (Lipinski definition) is 5. The molecule has 1 aliphatic heterocycles. The first kappa shape index (κ1) is 24.0. The van der Waals surface area contributed by atoms with Gasteiger partial charge in [-0.1, -0.05) is 60.2 Å². The molecule has 3 aromatic carbocycles. The van der Waals surface area contributed by atoms with Crippen LogP contribution in [0.5, 0.6) is 5.75 Å². The van der Waals surface area contributed by atoms with Gasteiger partial charge in [-0.2, -0.15) is 0 Å². The van der Waals surface area contributed by atoms with Crippen molar-refractivity contribution in [1.82, 2.24) is 9.88 Å². The van der Waals surface area contributed by atoms with Crippen molar-refractivity contribution in [2.45, 2.75) is 26.4 Å². The Labute approximate surface area is 213 Å². The fourth-order valence-corrected chi connectivity index (χ4v) is 4.51. The van der Waals surface area contributed by atoms with Crippen molar-refractivity contribution in [3.8, 4) is 5.75 Å². The van der Waals surface area contributed by atoms with Crippen molar-refractivity contribution in [3.63, 3.8) is 0 Å². The normalized spacial score (nSPS) is 14.8. The van der Waals surface area contributed by atoms with Gasteiger partial charge in [0.15, 0.2) is 0 Å². The highest BCUT2D eigenvalue weighted by molar-refractivity contribution is 5.59. The van der Waals surface area contributed by atoms with Crippen molar-refractivity contribution < 1.29 is 9.47 Å². The summed E-state index contributed by atoms with van der Waals surface area (Å²) in [5, 5.41) is 3.40. The Bertz CT molecular complexity index is 1260. The molecule has 0 radical (unpaired) electrons. The summed E-state index contributed by atoms with van der Waals surface area (Å²) in [6.45, 7) is 6.55. The highest BCUT2D eigenvalue weighted by Gasteiger charge is 2.12. The van der Waals surface area contributed by atoms with Gasteiger partial charge in [-0.25, -0.2) is 4.98 Å². The number of benzene rings is 3. The number of pyridine rings is 1. The first-order chi connectivity index (χ1) is 17.7. The van der Waals surface area contributed by atoms with E-state index in [0.717, 1.165) is 48.9 Å². The molecule has 0 atom stereocenters. The largest absolute Gasteiger partial charge is 0.491 e. The van der Waals surface area contributed by atoms with Gasteiger partial charge in [-0.3, -0.25) is 4.90 Å². The Morgan fingerprint density at radius 3 is 2.61 bits per heavy atom. The molecule has 0 fully saturated rings. The molecule has 184 valence electrons. The van der Waals surface area contributed by atoms with E-state index in [1.165, 1.54) is 22.3 Å². The highest BCUT2D eigenvalue weighted by atomic mass is 16.5. The molecule has 4 aromatic rings. The van der Waals surface area contributed by atoms with E-state index in [0.29, 0.717) is 19.8 Å². The number of ether oxygens (including phenoxy) is 2. The molecule has 2 bridgehead atoms. The van der Waals surface area contributed by atoms with Crippen LogP contribution in [0.25, 0.3) is 0 Å². The van der Waals surface area contributed by atoms with E-state index < -0.39 is 0 Å². The number of aryl methyl sites for hydroxylation is 1. The standard InChI is InChI=1S/C31H33N3O2/c1-24-8-10-25(11-9-24)22-34-15-16-35-17-18-36-30-13-12-29(33-31-7-2-3-14-32-31)21-28(30)20-26-5-4-6-27(19-26)23-34/h2-14,19,21H,15-18,20,22-23H2,1H3,(H,32,33). The summed E-state index contributed by atoms with van der Waals surface area (Å²) in [5.41, 5.74) is 7.32. The van der Waals surface area contributed by atoms with Gasteiger partial charge in [-0.05, 0) is 53.9 Å². The topological polar surface area (TPSA) is 46.6 Å². The minimum atomic E-state index is 0.526. The Morgan fingerprint density at radius 1 is 0.861 bits per heavy atom. The Balaban J connectivity index is 1.38. The third-order valence-electron chi connectivity index (χ3n) is 6.35. The van der Waals surface area contributed by atoms with Crippen LogP contribution in [0.3, 0.4) is 0 Å². The minimum absolute atomic E-state index is 0.526. The number of hydrogen-bond donors (Lipinski definition) is 1. The predicted octanol–water partition coefficient (Wildman–Crippen LogP) is 6.14. The molecular formula is C31H33N3O2. The molecule has 0 saturated heterocycles. The summed E-state index contributed by atoms with van der Waals surface area (Å²) in [7, 11) is 0. The van der Waals surface area contributed by atoms with E-state index in [9.17, 15) is 0 Å². The third-order valence-corrected chi connectivity index (χ3v) is 6.35. The molecule has 1 aliphatic rings. The van der Waals surface area contributed by atoms with Crippen LogP contribution < -0.4 is 10.1 Å². The maximum atomic E-state index is 6.16. The third kappa shape index (κ3) is 6.72. The summed E-state index contributed by atoms with van der Waals surface area (Å²) >= 11 is 0. The zero-order chi connectivity index (χ0) is 24.6. The highest BCUT2D eigenvalue weighted by Crippen LogP contribution is 2.28. The second-order valence-electron chi connectivity index (χ2n) is 9.32. The van der Waals surface area contributed by atoms with Crippen LogP contribution in [0.4, 0.5) is 11.5 Å². The van der Waals surface area contributed by atoms with Crippen molar-refractivity contribution in [2.75, 3.05) is 31.7 Å². The lowest BCUT2D eigenvalue weighted by Crippen LogP contribution is -2.27. The number of nitrogens with one attached hydrogen (secondary N) is 1. The first-order valence-electron chi connectivity index (χ1n) is 12.6. The minimum Gasteiger partial charge on any atom is -0.491 e. The molecule has 0 amide bonds. The quantitative estimate of drug-likeness (QED) is 0.381. The van der Waals surface area contributed by atoms with Gasteiger partial charge in [-0.15, -0.1) is 0 Å². The number of fused-ring (bicyclic) bond motifs is 3. The van der Waals surface area contributed by atoms with Gasteiger partial charge in [0, 0.05) is 43.5 Å². The van der Waals surface area contributed by atoms with Gasteiger partial charge in [0.2, 0.25) is 0 Å². The average Bonchev–Trinajstić information content (AvgIpc) is 2.89. The Hall–Kier alpha value is -3.67. The molecule has 2 heterocycles. The monoisotopic (exact) mass is 479 g/mol. The Morgan fingerprint density at radius 2 is 1.75 bits per heavy atom. The van der Waals surface area contributed by atoms with Crippen molar-refractivity contribution in [3.05, 3.63) is 119 Å². The van der Waals surface area contributed by atoms with Gasteiger partial charge in [0.1, 0.15) is 18.2 Å². The zero-order valence-electron chi connectivity index (χ0n) is 20.8. The number of aromatic nitrogens is 1. The molecule has 5 rings (SSSR count). The van der Waals surface area contributed by atoms with Crippen molar-refractivity contribution in [2.24, 2.45) is 0 Å².